The summed E-state index contributed by atoms with van der Waals surface area (Å²) in [7, 11) is 2.28. The molecule has 164 valence electrons. The molecule has 2 rings (SSSR count). The quantitative estimate of drug-likeness (QED) is 0.347. The van der Waals surface area contributed by atoms with Gasteiger partial charge >= 0.3 is 11.9 Å². The number of aliphatic hydroxyl groups excluding tert-OH is 1. The first-order chi connectivity index (χ1) is 14.8. The molecule has 0 aliphatic carbocycles. The number of nitro benzene ring substituents is 1. The molecule has 2 N–H and O–H groups in total. The molecule has 0 heterocycles. The number of esters is 2. The first kappa shape index (κ1) is 23.5. The van der Waals surface area contributed by atoms with Gasteiger partial charge in [-0.3, -0.25) is 19.7 Å². The average Bonchev–Trinajstić information content (AvgIpc) is 2.80. The van der Waals surface area contributed by atoms with Crippen molar-refractivity contribution >= 4 is 23.5 Å². The molecule has 0 aliphatic heterocycles. The molecule has 0 fully saturated rings. The number of nitrogens with zero attached hydrogens (tertiary/aromatic N) is 1. The molecule has 1 amide bonds. The third-order valence-corrected chi connectivity index (χ3v) is 4.67. The lowest BCUT2D eigenvalue weighted by Gasteiger charge is -2.26. The third kappa shape index (κ3) is 6.09. The number of hydrogen-bond acceptors (Lipinski definition) is 8. The summed E-state index contributed by atoms with van der Waals surface area (Å²) < 4.78 is 9.47. The molecule has 0 saturated carbocycles. The highest BCUT2D eigenvalue weighted by Gasteiger charge is 2.35. The van der Waals surface area contributed by atoms with E-state index in [0.717, 1.165) is 7.11 Å². The van der Waals surface area contributed by atoms with E-state index in [1.54, 1.807) is 30.3 Å². The molecular weight excluding hydrogens is 408 g/mol. The second-order valence-electron chi connectivity index (χ2n) is 6.56. The van der Waals surface area contributed by atoms with Crippen molar-refractivity contribution in [2.24, 2.45) is 0 Å². The molecular formula is C21H22N2O8. The van der Waals surface area contributed by atoms with Crippen LogP contribution in [-0.4, -0.2) is 48.1 Å². The zero-order valence-electron chi connectivity index (χ0n) is 16.9. The van der Waals surface area contributed by atoms with Crippen molar-refractivity contribution in [2.45, 2.75) is 24.5 Å². The number of benzene rings is 2. The van der Waals surface area contributed by atoms with E-state index in [1.165, 1.54) is 31.4 Å². The fourth-order valence-electron chi connectivity index (χ4n) is 3.00. The molecule has 0 saturated heterocycles. The lowest BCUT2D eigenvalue weighted by molar-refractivity contribution is -0.384. The van der Waals surface area contributed by atoms with Crippen LogP contribution in [0.15, 0.2) is 54.6 Å². The van der Waals surface area contributed by atoms with Crippen LogP contribution in [-0.2, 0) is 23.9 Å². The number of nitrogens with one attached hydrogen (secondary N) is 1. The minimum Gasteiger partial charge on any atom is -0.469 e. The minimum atomic E-state index is -1.57. The number of carbonyl (C=O) groups is 3. The predicted molar refractivity (Wildman–Crippen MR) is 108 cm³/mol. The highest BCUT2D eigenvalue weighted by atomic mass is 16.6. The van der Waals surface area contributed by atoms with Crippen LogP contribution in [0.3, 0.4) is 0 Å². The molecule has 31 heavy (non-hydrogen) atoms. The maximum atomic E-state index is 12.6. The number of ether oxygens (including phenoxy) is 2. The molecule has 10 nitrogen and oxygen atoms in total. The van der Waals surface area contributed by atoms with Gasteiger partial charge in [-0.05, 0) is 11.1 Å². The maximum Gasteiger partial charge on any atom is 0.329 e. The van der Waals surface area contributed by atoms with Gasteiger partial charge in [0.2, 0.25) is 0 Å². The zero-order valence-corrected chi connectivity index (χ0v) is 16.9. The Balaban J connectivity index is 2.38. The van der Waals surface area contributed by atoms with E-state index < -0.39 is 40.8 Å². The topological polar surface area (TPSA) is 145 Å². The lowest BCUT2D eigenvalue weighted by Crippen LogP contribution is -2.47. The van der Waals surface area contributed by atoms with Crippen LogP contribution in [0.25, 0.3) is 0 Å². The summed E-state index contributed by atoms with van der Waals surface area (Å²) >= 11 is 0. The molecule has 0 bridgehead atoms. The van der Waals surface area contributed by atoms with Crippen LogP contribution in [0, 0.1) is 10.1 Å². The number of carbonyl (C=O) groups excluding carboxylic acids is 3. The van der Waals surface area contributed by atoms with Crippen molar-refractivity contribution in [1.29, 1.82) is 0 Å². The third-order valence-electron chi connectivity index (χ3n) is 4.67. The normalized spacial score (nSPS) is 13.4. The fourth-order valence-corrected chi connectivity index (χ4v) is 3.00. The van der Waals surface area contributed by atoms with E-state index in [9.17, 15) is 29.6 Å². The summed E-state index contributed by atoms with van der Waals surface area (Å²) in [6, 6.07) is 11.9. The Kier molecular flexibility index (Phi) is 8.21. The zero-order chi connectivity index (χ0) is 23.0. The summed E-state index contributed by atoms with van der Waals surface area (Å²) in [5, 5.41) is 23.7. The SMILES string of the molecule is COC(=O)C[C@H](c1ccc([N+](=O)[O-])cc1)[C@@H](NC(=O)[C@@H](O)c1ccccc1)C(=O)OC. The number of methoxy groups -OCH3 is 2. The van der Waals surface area contributed by atoms with Gasteiger partial charge < -0.3 is 19.9 Å². The van der Waals surface area contributed by atoms with Gasteiger partial charge in [0.05, 0.1) is 25.6 Å². The number of non-ortho nitro benzene ring substituents is 1. The maximum absolute atomic E-state index is 12.6. The summed E-state index contributed by atoms with van der Waals surface area (Å²) in [6.45, 7) is 0. The van der Waals surface area contributed by atoms with Crippen molar-refractivity contribution in [1.82, 2.24) is 5.32 Å². The molecule has 0 spiro atoms. The van der Waals surface area contributed by atoms with E-state index in [-0.39, 0.29) is 12.1 Å². The first-order valence-corrected chi connectivity index (χ1v) is 9.20. The molecule has 10 heteroatoms. The Bertz CT molecular complexity index is 930. The van der Waals surface area contributed by atoms with Crippen LogP contribution in [0.2, 0.25) is 0 Å². The number of aliphatic hydroxyl groups is 1. The van der Waals surface area contributed by atoms with E-state index >= 15 is 0 Å². The molecule has 2 aromatic carbocycles. The summed E-state index contributed by atoms with van der Waals surface area (Å²) in [4.78, 5) is 47.4. The van der Waals surface area contributed by atoms with Crippen molar-refractivity contribution in [3.05, 3.63) is 75.8 Å². The Morgan fingerprint density at radius 2 is 1.61 bits per heavy atom. The van der Waals surface area contributed by atoms with Gasteiger partial charge in [0.15, 0.2) is 6.10 Å². The Morgan fingerprint density at radius 1 is 1.00 bits per heavy atom. The van der Waals surface area contributed by atoms with Crippen molar-refractivity contribution in [3.8, 4) is 0 Å². The number of amides is 1. The summed E-state index contributed by atoms with van der Waals surface area (Å²) in [5.74, 6) is -3.37. The highest BCUT2D eigenvalue weighted by Crippen LogP contribution is 2.28. The van der Waals surface area contributed by atoms with Crippen molar-refractivity contribution < 1.29 is 33.9 Å². The van der Waals surface area contributed by atoms with E-state index in [0.29, 0.717) is 11.1 Å². The molecule has 0 aliphatic rings. The van der Waals surface area contributed by atoms with Crippen LogP contribution < -0.4 is 5.32 Å². The van der Waals surface area contributed by atoms with Gasteiger partial charge in [-0.2, -0.15) is 0 Å². The van der Waals surface area contributed by atoms with Gasteiger partial charge in [-0.1, -0.05) is 42.5 Å². The fraction of sp³-hybridized carbons (Fsp3) is 0.286. The largest absolute Gasteiger partial charge is 0.469 e. The van der Waals surface area contributed by atoms with E-state index in [2.05, 4.69) is 10.1 Å². The summed E-state index contributed by atoms with van der Waals surface area (Å²) in [6.07, 6.45) is -1.89. The number of hydrogen-bond donors (Lipinski definition) is 2. The van der Waals surface area contributed by atoms with Gasteiger partial charge in [0, 0.05) is 18.1 Å². The smallest absolute Gasteiger partial charge is 0.329 e. The molecule has 2 aromatic rings. The standard InChI is InChI=1S/C21H22N2O8/c1-30-17(24)12-16(13-8-10-15(11-9-13)23(28)29)18(21(27)31-2)22-20(26)19(25)14-6-4-3-5-7-14/h3-11,16,18-19,25H,12H2,1-2H3,(H,22,26)/t16-,18-,19+/m1/s1. The van der Waals surface area contributed by atoms with Crippen LogP contribution in [0.1, 0.15) is 29.6 Å². The summed E-state index contributed by atoms with van der Waals surface area (Å²) in [5.41, 5.74) is 0.489. The second kappa shape index (κ2) is 10.8. The van der Waals surface area contributed by atoms with Crippen LogP contribution >= 0.6 is 0 Å². The Labute approximate surface area is 177 Å². The molecule has 0 aromatic heterocycles. The minimum absolute atomic E-state index is 0.182. The molecule has 0 unspecified atom stereocenters. The lowest BCUT2D eigenvalue weighted by atomic mass is 9.88. The molecule has 0 radical (unpaired) electrons. The Hall–Kier alpha value is -3.79. The van der Waals surface area contributed by atoms with Crippen molar-refractivity contribution in [3.63, 3.8) is 0 Å². The average molecular weight is 430 g/mol. The first-order valence-electron chi connectivity index (χ1n) is 9.20. The van der Waals surface area contributed by atoms with Crippen LogP contribution in [0.5, 0.6) is 0 Å². The Morgan fingerprint density at radius 3 is 2.13 bits per heavy atom. The van der Waals surface area contributed by atoms with Gasteiger partial charge in [-0.25, -0.2) is 4.79 Å². The number of nitro groups is 1. The number of rotatable bonds is 9. The van der Waals surface area contributed by atoms with Gasteiger partial charge in [0.1, 0.15) is 6.04 Å². The van der Waals surface area contributed by atoms with Crippen LogP contribution in [0.4, 0.5) is 5.69 Å². The highest BCUT2D eigenvalue weighted by molar-refractivity contribution is 5.88. The molecule has 3 atom stereocenters. The second-order valence-corrected chi connectivity index (χ2v) is 6.56. The predicted octanol–water partition coefficient (Wildman–Crippen LogP) is 1.63. The van der Waals surface area contributed by atoms with Crippen molar-refractivity contribution in [2.75, 3.05) is 14.2 Å². The van der Waals surface area contributed by atoms with E-state index in [4.69, 9.17) is 4.74 Å². The van der Waals surface area contributed by atoms with Gasteiger partial charge in [-0.15, -0.1) is 0 Å². The monoisotopic (exact) mass is 430 g/mol. The van der Waals surface area contributed by atoms with Gasteiger partial charge in [0.25, 0.3) is 11.6 Å². The van der Waals surface area contributed by atoms with E-state index in [1.807, 2.05) is 0 Å².